The minimum absolute atomic E-state index is 0.322. The van der Waals surface area contributed by atoms with Crippen molar-refractivity contribution in [3.63, 3.8) is 0 Å². The van der Waals surface area contributed by atoms with Crippen LogP contribution in [0.25, 0.3) is 11.1 Å². The standard InChI is InChI=1S/C14H14Cl2N2O/c1-2-8-19-9-11-17-13(15)12(14(16)18-11)10-6-4-3-5-7-10/h3-7H,2,8-9H2,1H3. The molecule has 0 spiro atoms. The van der Waals surface area contributed by atoms with Crippen LogP contribution >= 0.6 is 23.2 Å². The summed E-state index contributed by atoms with van der Waals surface area (Å²) in [4.78, 5) is 8.45. The van der Waals surface area contributed by atoms with Gasteiger partial charge in [0.05, 0.1) is 5.56 Å². The molecule has 0 aliphatic carbocycles. The first kappa shape index (κ1) is 14.3. The number of hydrogen-bond acceptors (Lipinski definition) is 3. The van der Waals surface area contributed by atoms with E-state index in [0.717, 1.165) is 12.0 Å². The van der Waals surface area contributed by atoms with E-state index in [1.165, 1.54) is 0 Å². The fourth-order valence-corrected chi connectivity index (χ4v) is 2.30. The number of rotatable bonds is 5. The number of ether oxygens (including phenoxy) is 1. The summed E-state index contributed by atoms with van der Waals surface area (Å²) in [6.45, 7) is 3.03. The van der Waals surface area contributed by atoms with Crippen LogP contribution in [0.4, 0.5) is 0 Å². The normalized spacial score (nSPS) is 10.7. The Kier molecular flexibility index (Phi) is 5.14. The lowest BCUT2D eigenvalue weighted by Crippen LogP contribution is -2.02. The van der Waals surface area contributed by atoms with Crippen LogP contribution in [0.2, 0.25) is 10.3 Å². The van der Waals surface area contributed by atoms with Crippen LogP contribution in [0.15, 0.2) is 30.3 Å². The zero-order chi connectivity index (χ0) is 13.7. The van der Waals surface area contributed by atoms with Crippen LogP contribution in [-0.2, 0) is 11.3 Å². The highest BCUT2D eigenvalue weighted by Crippen LogP contribution is 2.32. The van der Waals surface area contributed by atoms with Gasteiger partial charge in [-0.05, 0) is 12.0 Å². The molecule has 0 atom stereocenters. The minimum atomic E-state index is 0.322. The van der Waals surface area contributed by atoms with Crippen LogP contribution in [0, 0.1) is 0 Å². The average Bonchev–Trinajstić information content (AvgIpc) is 2.39. The lowest BCUT2D eigenvalue weighted by atomic mass is 10.1. The Morgan fingerprint density at radius 3 is 2.26 bits per heavy atom. The van der Waals surface area contributed by atoms with Gasteiger partial charge in [0, 0.05) is 6.61 Å². The molecule has 0 N–H and O–H groups in total. The fraction of sp³-hybridized carbons (Fsp3) is 0.286. The molecule has 0 unspecified atom stereocenters. The van der Waals surface area contributed by atoms with E-state index in [0.29, 0.717) is 34.9 Å². The summed E-state index contributed by atoms with van der Waals surface area (Å²) < 4.78 is 5.38. The van der Waals surface area contributed by atoms with Crippen LogP contribution in [0.1, 0.15) is 19.2 Å². The summed E-state index contributed by atoms with van der Waals surface area (Å²) in [5.74, 6) is 0.503. The third kappa shape index (κ3) is 3.66. The SMILES string of the molecule is CCCOCc1nc(Cl)c(-c2ccccc2)c(Cl)n1. The van der Waals surface area contributed by atoms with Gasteiger partial charge in [0.1, 0.15) is 16.9 Å². The van der Waals surface area contributed by atoms with Crippen LogP contribution < -0.4 is 0 Å². The van der Waals surface area contributed by atoms with E-state index >= 15 is 0 Å². The van der Waals surface area contributed by atoms with Gasteiger partial charge in [-0.15, -0.1) is 0 Å². The van der Waals surface area contributed by atoms with Gasteiger partial charge in [0.15, 0.2) is 5.82 Å². The monoisotopic (exact) mass is 296 g/mol. The van der Waals surface area contributed by atoms with Gasteiger partial charge < -0.3 is 4.74 Å². The Labute approximate surface area is 122 Å². The second-order valence-electron chi connectivity index (χ2n) is 4.02. The Balaban J connectivity index is 2.28. The molecule has 19 heavy (non-hydrogen) atoms. The molecule has 5 heteroatoms. The van der Waals surface area contributed by atoms with Crippen molar-refractivity contribution >= 4 is 23.2 Å². The number of benzene rings is 1. The summed E-state index contributed by atoms with van der Waals surface area (Å²) >= 11 is 12.4. The smallest absolute Gasteiger partial charge is 0.157 e. The van der Waals surface area contributed by atoms with E-state index in [4.69, 9.17) is 27.9 Å². The lowest BCUT2D eigenvalue weighted by molar-refractivity contribution is 0.116. The van der Waals surface area contributed by atoms with Crippen molar-refractivity contribution in [2.24, 2.45) is 0 Å². The molecule has 2 rings (SSSR count). The van der Waals surface area contributed by atoms with E-state index in [2.05, 4.69) is 9.97 Å². The van der Waals surface area contributed by atoms with E-state index in [9.17, 15) is 0 Å². The summed E-state index contributed by atoms with van der Waals surface area (Å²) in [5, 5.41) is 0.697. The highest BCUT2D eigenvalue weighted by Gasteiger charge is 2.13. The molecule has 3 nitrogen and oxygen atoms in total. The van der Waals surface area contributed by atoms with Crippen LogP contribution in [0.5, 0.6) is 0 Å². The highest BCUT2D eigenvalue weighted by atomic mass is 35.5. The zero-order valence-corrected chi connectivity index (χ0v) is 12.1. The Hall–Kier alpha value is -1.16. The second-order valence-corrected chi connectivity index (χ2v) is 4.73. The topological polar surface area (TPSA) is 35.0 Å². The van der Waals surface area contributed by atoms with Crippen molar-refractivity contribution in [1.82, 2.24) is 9.97 Å². The van der Waals surface area contributed by atoms with Gasteiger partial charge in [0.25, 0.3) is 0 Å². The van der Waals surface area contributed by atoms with E-state index in [1.54, 1.807) is 0 Å². The molecular formula is C14H14Cl2N2O. The van der Waals surface area contributed by atoms with Crippen molar-refractivity contribution in [1.29, 1.82) is 0 Å². The third-order valence-corrected chi connectivity index (χ3v) is 3.06. The number of hydrogen-bond donors (Lipinski definition) is 0. The number of halogens is 2. The molecule has 0 aliphatic heterocycles. The first-order valence-electron chi connectivity index (χ1n) is 6.07. The maximum absolute atomic E-state index is 6.19. The quantitative estimate of drug-likeness (QED) is 0.607. The number of nitrogens with zero attached hydrogens (tertiary/aromatic N) is 2. The maximum atomic E-state index is 6.19. The first-order valence-corrected chi connectivity index (χ1v) is 6.83. The van der Waals surface area contributed by atoms with Crippen molar-refractivity contribution in [3.05, 3.63) is 46.5 Å². The molecule has 0 bridgehead atoms. The molecule has 1 aromatic carbocycles. The molecule has 0 saturated heterocycles. The van der Waals surface area contributed by atoms with E-state index in [-0.39, 0.29) is 0 Å². The van der Waals surface area contributed by atoms with Gasteiger partial charge in [-0.3, -0.25) is 0 Å². The van der Waals surface area contributed by atoms with Gasteiger partial charge >= 0.3 is 0 Å². The molecule has 2 aromatic rings. The third-order valence-electron chi connectivity index (χ3n) is 2.51. The van der Waals surface area contributed by atoms with Crippen LogP contribution in [0.3, 0.4) is 0 Å². The van der Waals surface area contributed by atoms with E-state index < -0.39 is 0 Å². The molecule has 1 heterocycles. The lowest BCUT2D eigenvalue weighted by Gasteiger charge is -2.08. The Morgan fingerprint density at radius 1 is 1.05 bits per heavy atom. The largest absolute Gasteiger partial charge is 0.373 e. The van der Waals surface area contributed by atoms with Crippen LogP contribution in [-0.4, -0.2) is 16.6 Å². The van der Waals surface area contributed by atoms with Crippen molar-refractivity contribution in [3.8, 4) is 11.1 Å². The van der Waals surface area contributed by atoms with Gasteiger partial charge in [-0.25, -0.2) is 9.97 Å². The van der Waals surface area contributed by atoms with E-state index in [1.807, 2.05) is 37.3 Å². The number of aromatic nitrogens is 2. The van der Waals surface area contributed by atoms with Crippen molar-refractivity contribution in [2.75, 3.05) is 6.61 Å². The summed E-state index contributed by atoms with van der Waals surface area (Å²) in [5.41, 5.74) is 1.56. The Bertz CT molecular complexity index is 523. The molecule has 0 aliphatic rings. The second kappa shape index (κ2) is 6.85. The molecule has 0 fully saturated rings. The van der Waals surface area contributed by atoms with Gasteiger partial charge in [-0.2, -0.15) is 0 Å². The van der Waals surface area contributed by atoms with Gasteiger partial charge in [-0.1, -0.05) is 60.5 Å². The predicted octanol–water partition coefficient (Wildman–Crippen LogP) is 4.38. The molecule has 0 radical (unpaired) electrons. The van der Waals surface area contributed by atoms with Crippen molar-refractivity contribution < 1.29 is 4.74 Å². The summed E-state index contributed by atoms with van der Waals surface area (Å²) in [6.07, 6.45) is 0.948. The Morgan fingerprint density at radius 2 is 1.68 bits per heavy atom. The molecule has 0 saturated carbocycles. The average molecular weight is 297 g/mol. The molecular weight excluding hydrogens is 283 g/mol. The fourth-order valence-electron chi connectivity index (χ4n) is 1.66. The minimum Gasteiger partial charge on any atom is -0.373 e. The molecule has 1 aromatic heterocycles. The summed E-state index contributed by atoms with van der Waals surface area (Å²) in [7, 11) is 0. The first-order chi connectivity index (χ1) is 9.22. The van der Waals surface area contributed by atoms with Crippen molar-refractivity contribution in [2.45, 2.75) is 20.0 Å². The molecule has 0 amide bonds. The zero-order valence-electron chi connectivity index (χ0n) is 10.6. The summed E-state index contributed by atoms with van der Waals surface area (Å²) in [6, 6.07) is 9.60. The predicted molar refractivity (Wildman–Crippen MR) is 77.4 cm³/mol. The maximum Gasteiger partial charge on any atom is 0.157 e. The van der Waals surface area contributed by atoms with Gasteiger partial charge in [0.2, 0.25) is 0 Å². The highest BCUT2D eigenvalue weighted by molar-refractivity contribution is 6.37. The molecule has 100 valence electrons.